The van der Waals surface area contributed by atoms with Gasteiger partial charge in [-0.15, -0.1) is 0 Å². The summed E-state index contributed by atoms with van der Waals surface area (Å²) >= 11 is 0. The van der Waals surface area contributed by atoms with E-state index in [1.807, 2.05) is 30.3 Å². The Morgan fingerprint density at radius 2 is 2.00 bits per heavy atom. The summed E-state index contributed by atoms with van der Waals surface area (Å²) in [6, 6.07) is 9.60. The van der Waals surface area contributed by atoms with Gasteiger partial charge in [0.15, 0.2) is 0 Å². The van der Waals surface area contributed by atoms with Crippen molar-refractivity contribution in [3.8, 4) is 0 Å². The van der Waals surface area contributed by atoms with Crippen molar-refractivity contribution in [2.24, 2.45) is 0 Å². The molecule has 2 rings (SSSR count). The van der Waals surface area contributed by atoms with E-state index < -0.39 is 15.9 Å². The maximum absolute atomic E-state index is 11.1. The molecule has 1 heterocycles. The molecule has 1 aromatic heterocycles. The zero-order chi connectivity index (χ0) is 13.9. The van der Waals surface area contributed by atoms with Crippen LogP contribution in [0.5, 0.6) is 0 Å². The number of fused-ring (bicyclic) bond motifs is 1. The van der Waals surface area contributed by atoms with Crippen molar-refractivity contribution in [3.63, 3.8) is 0 Å². The maximum atomic E-state index is 11.1. The van der Waals surface area contributed by atoms with Crippen LogP contribution in [0.2, 0.25) is 0 Å². The average Bonchev–Trinajstić information content (AvgIpc) is 2.36. The lowest BCUT2D eigenvalue weighted by atomic mass is 10.0. The molecular weight excluding hydrogens is 262 g/mol. The number of hydrogen-bond acceptors (Lipinski definition) is 4. The molecule has 0 bridgehead atoms. The number of nitrogens with zero attached hydrogens (tertiary/aromatic N) is 1. The number of hydrogen-bond donors (Lipinski definition) is 1. The summed E-state index contributed by atoms with van der Waals surface area (Å²) in [5.74, 6) is 0.0921. The summed E-state index contributed by atoms with van der Waals surface area (Å²) in [5.41, 5.74) is 0.617. The Morgan fingerprint density at radius 1 is 1.26 bits per heavy atom. The Labute approximate surface area is 113 Å². The monoisotopic (exact) mass is 279 g/mol. The van der Waals surface area contributed by atoms with Crippen LogP contribution in [-0.2, 0) is 9.84 Å². The van der Waals surface area contributed by atoms with Crippen LogP contribution in [0.25, 0.3) is 10.8 Å². The molecule has 1 unspecified atom stereocenters. The van der Waals surface area contributed by atoms with Gasteiger partial charge in [0.05, 0.1) is 11.8 Å². The zero-order valence-electron chi connectivity index (χ0n) is 10.8. The van der Waals surface area contributed by atoms with Gasteiger partial charge in [0, 0.05) is 23.6 Å². The van der Waals surface area contributed by atoms with Crippen molar-refractivity contribution >= 4 is 20.6 Å². The summed E-state index contributed by atoms with van der Waals surface area (Å²) in [4.78, 5) is 4.22. The quantitative estimate of drug-likeness (QED) is 0.910. The second-order valence-electron chi connectivity index (χ2n) is 4.71. The van der Waals surface area contributed by atoms with Crippen molar-refractivity contribution in [2.45, 2.75) is 18.9 Å². The predicted octanol–water partition coefficient (Wildman–Crippen LogP) is 2.09. The van der Waals surface area contributed by atoms with Crippen LogP contribution < -0.4 is 0 Å². The van der Waals surface area contributed by atoms with Crippen LogP contribution >= 0.6 is 0 Å². The molecule has 4 nitrogen and oxygen atoms in total. The van der Waals surface area contributed by atoms with Gasteiger partial charge in [0.2, 0.25) is 0 Å². The van der Waals surface area contributed by atoms with Crippen molar-refractivity contribution in [1.82, 2.24) is 4.98 Å². The van der Waals surface area contributed by atoms with Gasteiger partial charge < -0.3 is 5.11 Å². The van der Waals surface area contributed by atoms with E-state index in [2.05, 4.69) is 4.98 Å². The van der Waals surface area contributed by atoms with Gasteiger partial charge >= 0.3 is 0 Å². The smallest absolute Gasteiger partial charge is 0.147 e. The zero-order valence-corrected chi connectivity index (χ0v) is 11.6. The van der Waals surface area contributed by atoms with E-state index >= 15 is 0 Å². The first kappa shape index (κ1) is 14.0. The largest absolute Gasteiger partial charge is 0.387 e. The number of aliphatic hydroxyl groups excluding tert-OH is 1. The van der Waals surface area contributed by atoms with E-state index in [9.17, 15) is 13.5 Å². The molecule has 0 saturated heterocycles. The first-order valence-corrected chi connectivity index (χ1v) is 8.23. The highest BCUT2D eigenvalue weighted by Gasteiger charge is 2.13. The predicted molar refractivity (Wildman–Crippen MR) is 75.6 cm³/mol. The fourth-order valence-electron chi connectivity index (χ4n) is 2.08. The van der Waals surface area contributed by atoms with Crippen LogP contribution in [0.4, 0.5) is 0 Å². The van der Waals surface area contributed by atoms with Gasteiger partial charge in [-0.1, -0.05) is 24.3 Å². The van der Waals surface area contributed by atoms with E-state index in [0.717, 1.165) is 10.8 Å². The van der Waals surface area contributed by atoms with Crippen molar-refractivity contribution < 1.29 is 13.5 Å². The molecule has 1 N–H and O–H groups in total. The molecule has 19 heavy (non-hydrogen) atoms. The molecule has 1 atom stereocenters. The number of pyridine rings is 1. The highest BCUT2D eigenvalue weighted by Crippen LogP contribution is 2.24. The van der Waals surface area contributed by atoms with Crippen molar-refractivity contribution in [1.29, 1.82) is 0 Å². The van der Waals surface area contributed by atoms with Crippen LogP contribution in [-0.4, -0.2) is 30.5 Å². The van der Waals surface area contributed by atoms with Gasteiger partial charge in [-0.25, -0.2) is 8.42 Å². The molecule has 0 spiro atoms. The lowest BCUT2D eigenvalue weighted by Crippen LogP contribution is -2.07. The van der Waals surface area contributed by atoms with E-state index in [1.54, 1.807) is 6.20 Å². The summed E-state index contributed by atoms with van der Waals surface area (Å²) < 4.78 is 22.1. The minimum Gasteiger partial charge on any atom is -0.387 e. The van der Waals surface area contributed by atoms with Gasteiger partial charge in [0.25, 0.3) is 0 Å². The summed E-state index contributed by atoms with van der Waals surface area (Å²) in [7, 11) is -2.98. The third kappa shape index (κ3) is 3.75. The molecule has 0 amide bonds. The molecule has 0 aliphatic carbocycles. The fraction of sp³-hybridized carbons (Fsp3) is 0.357. The van der Waals surface area contributed by atoms with Gasteiger partial charge in [-0.05, 0) is 24.3 Å². The van der Waals surface area contributed by atoms with Crippen molar-refractivity contribution in [2.75, 3.05) is 12.0 Å². The summed E-state index contributed by atoms with van der Waals surface area (Å²) in [6.07, 6.45) is 2.97. The van der Waals surface area contributed by atoms with Crippen LogP contribution in [0.1, 0.15) is 24.6 Å². The SMILES string of the molecule is CS(=O)(=O)CCCC(O)c1nccc2ccccc12. The topological polar surface area (TPSA) is 67.3 Å². The molecule has 2 aromatic rings. The highest BCUT2D eigenvalue weighted by molar-refractivity contribution is 7.90. The van der Waals surface area contributed by atoms with Gasteiger partial charge in [0.1, 0.15) is 9.84 Å². The van der Waals surface area contributed by atoms with Gasteiger partial charge in [-0.2, -0.15) is 0 Å². The number of rotatable bonds is 5. The number of benzene rings is 1. The van der Waals surface area contributed by atoms with Crippen LogP contribution in [0, 0.1) is 0 Å². The molecule has 0 aliphatic rings. The van der Waals surface area contributed by atoms with Crippen LogP contribution in [0.15, 0.2) is 36.5 Å². The number of aliphatic hydroxyl groups is 1. The Morgan fingerprint density at radius 3 is 2.74 bits per heavy atom. The lowest BCUT2D eigenvalue weighted by molar-refractivity contribution is 0.163. The number of aromatic nitrogens is 1. The van der Waals surface area contributed by atoms with E-state index in [1.165, 1.54) is 6.26 Å². The Bertz CT molecular complexity index is 662. The molecule has 5 heteroatoms. The number of sulfone groups is 1. The molecule has 0 saturated carbocycles. The lowest BCUT2D eigenvalue weighted by Gasteiger charge is -2.12. The third-order valence-electron chi connectivity index (χ3n) is 3.01. The van der Waals surface area contributed by atoms with E-state index in [4.69, 9.17) is 0 Å². The second kappa shape index (κ2) is 5.67. The van der Waals surface area contributed by atoms with E-state index in [-0.39, 0.29) is 5.75 Å². The molecule has 0 fully saturated rings. The molecule has 102 valence electrons. The van der Waals surface area contributed by atoms with Crippen molar-refractivity contribution in [3.05, 3.63) is 42.2 Å². The standard InChI is InChI=1S/C14H17NO3S/c1-19(17,18)10-4-7-13(16)14-12-6-3-2-5-11(12)8-9-15-14/h2-3,5-6,8-9,13,16H,4,7,10H2,1H3. The Balaban J connectivity index is 2.15. The fourth-order valence-corrected chi connectivity index (χ4v) is 2.78. The van der Waals surface area contributed by atoms with Crippen LogP contribution in [0.3, 0.4) is 0 Å². The average molecular weight is 279 g/mol. The minimum absolute atomic E-state index is 0.0921. The summed E-state index contributed by atoms with van der Waals surface area (Å²) in [5, 5.41) is 12.1. The first-order chi connectivity index (χ1) is 8.97. The minimum atomic E-state index is -2.98. The Kier molecular flexibility index (Phi) is 4.17. The van der Waals surface area contributed by atoms with Gasteiger partial charge in [-0.3, -0.25) is 4.98 Å². The Hall–Kier alpha value is -1.46. The molecule has 0 radical (unpaired) electrons. The molecular formula is C14H17NO3S. The highest BCUT2D eigenvalue weighted by atomic mass is 32.2. The molecule has 0 aliphatic heterocycles. The first-order valence-electron chi connectivity index (χ1n) is 6.17. The molecule has 1 aromatic carbocycles. The maximum Gasteiger partial charge on any atom is 0.147 e. The third-order valence-corrected chi connectivity index (χ3v) is 4.04. The van der Waals surface area contributed by atoms with E-state index in [0.29, 0.717) is 18.5 Å². The summed E-state index contributed by atoms with van der Waals surface area (Å²) in [6.45, 7) is 0. The normalized spacial score (nSPS) is 13.6. The second-order valence-corrected chi connectivity index (χ2v) is 6.96.